The number of hydrogen-bond donors (Lipinski definition) is 1. The summed E-state index contributed by atoms with van der Waals surface area (Å²) in [4.78, 5) is 46.6. The third-order valence-electron chi connectivity index (χ3n) is 6.89. The standard InChI is InChI=1S/C30H34ClFN4O6S/c1-15-21(17-8-9-20(32)24-22(17)33-26(43-24)34-27(38)41-29(2,3)4)19(31)12-18-23(15)40-14-16-13-35(10-11-36(16)25(18)37)28(39)42-30(5,6)7/h8-9,12,16H,10-11,13-14H2,1-7H3,(H,33,34,38). The maximum absolute atomic E-state index is 14.9. The number of fused-ring (bicyclic) bond motifs is 3. The van der Waals surface area contributed by atoms with Crippen molar-refractivity contribution in [1.29, 1.82) is 0 Å². The maximum atomic E-state index is 14.9. The fourth-order valence-corrected chi connectivity index (χ4v) is 6.38. The highest BCUT2D eigenvalue weighted by molar-refractivity contribution is 7.22. The molecule has 3 aromatic rings. The van der Waals surface area contributed by atoms with Gasteiger partial charge in [-0.3, -0.25) is 10.1 Å². The molecule has 0 saturated carbocycles. The van der Waals surface area contributed by atoms with Crippen molar-refractivity contribution in [2.45, 2.75) is 65.7 Å². The number of nitrogens with zero attached hydrogens (tertiary/aromatic N) is 3. The van der Waals surface area contributed by atoms with Crippen LogP contribution in [0.25, 0.3) is 21.3 Å². The van der Waals surface area contributed by atoms with E-state index < -0.39 is 29.2 Å². The lowest BCUT2D eigenvalue weighted by atomic mass is 9.95. The van der Waals surface area contributed by atoms with Crippen LogP contribution in [0.5, 0.6) is 5.75 Å². The van der Waals surface area contributed by atoms with E-state index in [2.05, 4.69) is 10.3 Å². The smallest absolute Gasteiger partial charge is 0.413 e. The number of nitrogens with one attached hydrogen (secondary N) is 1. The summed E-state index contributed by atoms with van der Waals surface area (Å²) in [6, 6.07) is 4.05. The number of benzene rings is 2. The van der Waals surface area contributed by atoms with E-state index in [1.807, 2.05) is 0 Å². The predicted molar refractivity (Wildman–Crippen MR) is 163 cm³/mol. The largest absolute Gasteiger partial charge is 0.490 e. The Balaban J connectivity index is 1.48. The number of anilines is 1. The van der Waals surface area contributed by atoms with Gasteiger partial charge in [-0.25, -0.2) is 19.0 Å². The van der Waals surface area contributed by atoms with Gasteiger partial charge in [0.2, 0.25) is 0 Å². The Morgan fingerprint density at radius 3 is 2.49 bits per heavy atom. The van der Waals surface area contributed by atoms with Gasteiger partial charge >= 0.3 is 12.2 Å². The topological polar surface area (TPSA) is 110 Å². The minimum atomic E-state index is -0.719. The minimum Gasteiger partial charge on any atom is -0.490 e. The van der Waals surface area contributed by atoms with Gasteiger partial charge in [-0.2, -0.15) is 0 Å². The van der Waals surface area contributed by atoms with E-state index in [4.69, 9.17) is 25.8 Å². The number of piperazine rings is 1. The molecule has 3 heterocycles. The second-order valence-electron chi connectivity index (χ2n) is 12.5. The van der Waals surface area contributed by atoms with Crippen molar-refractivity contribution in [3.8, 4) is 16.9 Å². The van der Waals surface area contributed by atoms with Crippen LogP contribution in [0.1, 0.15) is 57.5 Å². The van der Waals surface area contributed by atoms with Crippen LogP contribution in [0.3, 0.4) is 0 Å². The molecule has 2 aliphatic heterocycles. The zero-order valence-electron chi connectivity index (χ0n) is 25.1. The summed E-state index contributed by atoms with van der Waals surface area (Å²) in [5, 5.41) is 3.00. The highest BCUT2D eigenvalue weighted by Gasteiger charge is 2.39. The number of rotatable bonds is 2. The molecule has 1 aromatic heterocycles. The quantitative estimate of drug-likeness (QED) is 0.328. The molecule has 1 fully saturated rings. The zero-order valence-corrected chi connectivity index (χ0v) is 26.7. The number of carbonyl (C=O) groups is 3. The molecule has 5 rings (SSSR count). The molecule has 10 nitrogen and oxygen atoms in total. The van der Waals surface area contributed by atoms with Crippen molar-refractivity contribution in [3.63, 3.8) is 0 Å². The third-order valence-corrected chi connectivity index (χ3v) is 8.17. The molecule has 1 unspecified atom stereocenters. The highest BCUT2D eigenvalue weighted by atomic mass is 35.5. The van der Waals surface area contributed by atoms with Crippen LogP contribution in [0, 0.1) is 12.7 Å². The number of aromatic nitrogens is 1. The lowest BCUT2D eigenvalue weighted by Crippen LogP contribution is -2.58. The van der Waals surface area contributed by atoms with Gasteiger partial charge < -0.3 is 24.0 Å². The molecule has 0 aliphatic carbocycles. The molecule has 1 atom stereocenters. The molecule has 1 saturated heterocycles. The number of hydrogen-bond acceptors (Lipinski definition) is 8. The van der Waals surface area contributed by atoms with Crippen LogP contribution in [-0.4, -0.2) is 76.4 Å². The van der Waals surface area contributed by atoms with Crippen molar-refractivity contribution >= 4 is 56.4 Å². The summed E-state index contributed by atoms with van der Waals surface area (Å²) in [5.41, 5.74) is 0.882. The number of thiazole rings is 1. The van der Waals surface area contributed by atoms with Crippen molar-refractivity contribution in [2.75, 3.05) is 31.6 Å². The number of halogens is 2. The van der Waals surface area contributed by atoms with Crippen molar-refractivity contribution in [1.82, 2.24) is 14.8 Å². The van der Waals surface area contributed by atoms with E-state index in [-0.39, 0.29) is 40.0 Å². The first-order valence-corrected chi connectivity index (χ1v) is 15.1. The Labute approximate surface area is 258 Å². The first-order valence-electron chi connectivity index (χ1n) is 13.9. The monoisotopic (exact) mass is 632 g/mol. The molecule has 13 heteroatoms. The van der Waals surface area contributed by atoms with E-state index in [0.717, 1.165) is 11.3 Å². The summed E-state index contributed by atoms with van der Waals surface area (Å²) in [6.07, 6.45) is -1.15. The highest BCUT2D eigenvalue weighted by Crippen LogP contribution is 2.44. The molecule has 2 aliphatic rings. The molecule has 230 valence electrons. The molecule has 0 radical (unpaired) electrons. The molecular formula is C30H34ClFN4O6S. The first kappa shape index (κ1) is 30.8. The van der Waals surface area contributed by atoms with E-state index in [9.17, 15) is 18.8 Å². The van der Waals surface area contributed by atoms with Crippen LogP contribution in [0.2, 0.25) is 5.02 Å². The normalized spacial score (nSPS) is 17.1. The summed E-state index contributed by atoms with van der Waals surface area (Å²) >= 11 is 7.80. The SMILES string of the molecule is Cc1c2c(cc(Cl)c1-c1ccc(F)c3sc(NC(=O)OC(C)(C)C)nc13)C(=O)N1CCN(C(=O)OC(C)(C)C)CC1CO2. The van der Waals surface area contributed by atoms with E-state index in [1.54, 1.807) is 70.4 Å². The van der Waals surface area contributed by atoms with Gasteiger partial charge in [0.05, 0.1) is 21.8 Å². The summed E-state index contributed by atoms with van der Waals surface area (Å²) in [5.74, 6) is -0.392. The summed E-state index contributed by atoms with van der Waals surface area (Å²) in [6.45, 7) is 13.5. The summed E-state index contributed by atoms with van der Waals surface area (Å²) in [7, 11) is 0. The zero-order chi connectivity index (χ0) is 31.4. The Morgan fingerprint density at radius 2 is 1.81 bits per heavy atom. The van der Waals surface area contributed by atoms with Gasteiger partial charge in [0.25, 0.3) is 5.91 Å². The molecule has 0 bridgehead atoms. The third kappa shape index (κ3) is 6.35. The van der Waals surface area contributed by atoms with Crippen molar-refractivity contribution in [2.24, 2.45) is 0 Å². The Hall–Kier alpha value is -3.64. The van der Waals surface area contributed by atoms with Gasteiger partial charge in [-0.1, -0.05) is 22.9 Å². The minimum absolute atomic E-state index is 0.152. The average molecular weight is 633 g/mol. The van der Waals surface area contributed by atoms with Crippen LogP contribution < -0.4 is 10.1 Å². The Kier molecular flexibility index (Phi) is 7.97. The van der Waals surface area contributed by atoms with Gasteiger partial charge in [0.15, 0.2) is 5.13 Å². The average Bonchev–Trinajstić information content (AvgIpc) is 3.25. The Bertz CT molecular complexity index is 1630. The van der Waals surface area contributed by atoms with E-state index in [0.29, 0.717) is 46.6 Å². The number of carbonyl (C=O) groups excluding carboxylic acids is 3. The first-order chi connectivity index (χ1) is 20.0. The fraction of sp³-hybridized carbons (Fsp3) is 0.467. The van der Waals surface area contributed by atoms with E-state index >= 15 is 0 Å². The van der Waals surface area contributed by atoms with Gasteiger partial charge in [-0.15, -0.1) is 0 Å². The Morgan fingerprint density at radius 1 is 1.12 bits per heavy atom. The van der Waals surface area contributed by atoms with Gasteiger partial charge in [0.1, 0.15) is 29.4 Å². The van der Waals surface area contributed by atoms with E-state index in [1.165, 1.54) is 6.07 Å². The van der Waals surface area contributed by atoms with Gasteiger partial charge in [-0.05, 0) is 66.7 Å². The van der Waals surface area contributed by atoms with Crippen LogP contribution in [0.15, 0.2) is 18.2 Å². The van der Waals surface area contributed by atoms with Gasteiger partial charge in [0, 0.05) is 41.3 Å². The molecule has 2 aromatic carbocycles. The summed E-state index contributed by atoms with van der Waals surface area (Å²) < 4.78 is 32.2. The van der Waals surface area contributed by atoms with Crippen LogP contribution in [-0.2, 0) is 9.47 Å². The molecule has 43 heavy (non-hydrogen) atoms. The lowest BCUT2D eigenvalue weighted by molar-refractivity contribution is 0.000929. The lowest BCUT2D eigenvalue weighted by Gasteiger charge is -2.40. The predicted octanol–water partition coefficient (Wildman–Crippen LogP) is 6.87. The number of ether oxygens (including phenoxy) is 3. The van der Waals surface area contributed by atoms with Crippen LogP contribution in [0.4, 0.5) is 19.1 Å². The van der Waals surface area contributed by atoms with Crippen molar-refractivity contribution in [3.05, 3.63) is 40.2 Å². The van der Waals surface area contributed by atoms with Crippen molar-refractivity contribution < 1.29 is 33.0 Å². The second kappa shape index (κ2) is 11.1. The van der Waals surface area contributed by atoms with Crippen LogP contribution >= 0.6 is 22.9 Å². The number of amides is 3. The second-order valence-corrected chi connectivity index (χ2v) is 13.9. The molecule has 3 amide bonds. The molecular weight excluding hydrogens is 599 g/mol. The fourth-order valence-electron chi connectivity index (χ4n) is 5.15. The molecule has 1 N–H and O–H groups in total. The maximum Gasteiger partial charge on any atom is 0.413 e. The molecule has 0 spiro atoms.